The van der Waals surface area contributed by atoms with E-state index in [1.165, 1.54) is 0 Å². The fourth-order valence-corrected chi connectivity index (χ4v) is 0.544. The smallest absolute Gasteiger partial charge is 0.00461 e. The minimum absolute atomic E-state index is 0.961. The molecule has 1 aromatic carbocycles. The molecule has 0 N–H and O–H groups in total. The molecule has 1 aromatic rings. The molecule has 35 valence electrons. The highest BCUT2D eigenvalue weighted by Crippen LogP contribution is 2.00. The first-order chi connectivity index (χ1) is 3.39. The first-order valence-electron chi connectivity index (χ1n) is 2.04. The number of thiol groups is 1. The maximum absolute atomic E-state index is 4.05. The summed E-state index contributed by atoms with van der Waals surface area (Å²) in [6, 6.07) is 10.4. The van der Waals surface area contributed by atoms with E-state index in [1.54, 1.807) is 0 Å². The van der Waals surface area contributed by atoms with Crippen molar-refractivity contribution in [3.8, 4) is 0 Å². The molecule has 0 nitrogen and oxygen atoms in total. The molecule has 0 saturated carbocycles. The molecule has 0 aliphatic rings. The van der Waals surface area contributed by atoms with Crippen molar-refractivity contribution in [3.63, 3.8) is 0 Å². The average Bonchev–Trinajstić information content (AvgIpc) is 1.69. The Morgan fingerprint density at radius 1 is 1.57 bits per heavy atom. The lowest BCUT2D eigenvalue weighted by atomic mass is 10.4. The van der Waals surface area contributed by atoms with Crippen LogP contribution in [-0.4, -0.2) is 0 Å². The molecule has 0 fully saturated rings. The normalized spacial score (nSPS) is 8.71. The summed E-state index contributed by atoms with van der Waals surface area (Å²) in [5, 5.41) is 0. The van der Waals surface area contributed by atoms with Gasteiger partial charge >= 0.3 is 0 Å². The Labute approximate surface area is 48.6 Å². The Balaban J connectivity index is 3.02. The summed E-state index contributed by atoms with van der Waals surface area (Å²) in [6.07, 6.45) is 0. The van der Waals surface area contributed by atoms with Crippen LogP contribution in [0.5, 0.6) is 0 Å². The average molecular weight is 109 g/mol. The molecular weight excluding hydrogens is 104 g/mol. The molecule has 0 unspecified atom stereocenters. The van der Waals surface area contributed by atoms with Crippen molar-refractivity contribution in [2.75, 3.05) is 0 Å². The van der Waals surface area contributed by atoms with Crippen molar-refractivity contribution in [3.05, 3.63) is 30.3 Å². The fraction of sp³-hybridized carbons (Fsp3) is 0. The second-order valence-corrected chi connectivity index (χ2v) is 1.78. The van der Waals surface area contributed by atoms with Crippen molar-refractivity contribution in [1.82, 2.24) is 0 Å². The molecule has 0 amide bonds. The highest BCUT2D eigenvalue weighted by molar-refractivity contribution is 7.80. The van der Waals surface area contributed by atoms with Crippen LogP contribution in [0.3, 0.4) is 0 Å². The van der Waals surface area contributed by atoms with Gasteiger partial charge < -0.3 is 0 Å². The molecule has 0 bridgehead atoms. The van der Waals surface area contributed by atoms with E-state index in [1.807, 2.05) is 24.3 Å². The topological polar surface area (TPSA) is 0 Å². The first kappa shape index (κ1) is 4.72. The Morgan fingerprint density at radius 3 is 2.71 bits per heavy atom. The lowest BCUT2D eigenvalue weighted by Crippen LogP contribution is -1.57. The second-order valence-electron chi connectivity index (χ2n) is 1.26. The lowest BCUT2D eigenvalue weighted by Gasteiger charge is -1.81. The van der Waals surface area contributed by atoms with Crippen LogP contribution in [-0.2, 0) is 0 Å². The van der Waals surface area contributed by atoms with Gasteiger partial charge in [0.2, 0.25) is 0 Å². The monoisotopic (exact) mass is 109 g/mol. The van der Waals surface area contributed by atoms with Crippen LogP contribution < -0.4 is 0 Å². The molecule has 1 rings (SSSR count). The molecule has 0 aliphatic carbocycles. The second kappa shape index (κ2) is 2.03. The minimum Gasteiger partial charge on any atom is -0.143 e. The Kier molecular flexibility index (Phi) is 1.37. The summed E-state index contributed by atoms with van der Waals surface area (Å²) in [7, 11) is 0. The summed E-state index contributed by atoms with van der Waals surface area (Å²) in [4.78, 5) is 0.961. The van der Waals surface area contributed by atoms with Gasteiger partial charge in [-0.25, -0.2) is 0 Å². The highest BCUT2D eigenvalue weighted by Gasteiger charge is 1.73. The summed E-state index contributed by atoms with van der Waals surface area (Å²) >= 11 is 4.05. The van der Waals surface area contributed by atoms with Crippen molar-refractivity contribution in [2.24, 2.45) is 0 Å². The molecule has 0 aliphatic heterocycles. The van der Waals surface area contributed by atoms with E-state index in [4.69, 9.17) is 0 Å². The van der Waals surface area contributed by atoms with Crippen molar-refractivity contribution in [1.29, 1.82) is 0 Å². The van der Waals surface area contributed by atoms with Crippen LogP contribution in [0.4, 0.5) is 0 Å². The molecule has 0 atom stereocenters. The van der Waals surface area contributed by atoms with Gasteiger partial charge in [-0.1, -0.05) is 12.1 Å². The highest BCUT2D eigenvalue weighted by atomic mass is 32.1. The van der Waals surface area contributed by atoms with Gasteiger partial charge in [-0.3, -0.25) is 0 Å². The fourth-order valence-electron chi connectivity index (χ4n) is 0.384. The van der Waals surface area contributed by atoms with Crippen molar-refractivity contribution < 1.29 is 0 Å². The first-order valence-corrected chi connectivity index (χ1v) is 2.49. The summed E-state index contributed by atoms with van der Waals surface area (Å²) in [5.41, 5.74) is 0. The van der Waals surface area contributed by atoms with Gasteiger partial charge in [0.15, 0.2) is 0 Å². The van der Waals surface area contributed by atoms with Crippen molar-refractivity contribution >= 4 is 12.6 Å². The SMILES string of the molecule is Sc1c[c]ccc1. The summed E-state index contributed by atoms with van der Waals surface area (Å²) in [6.45, 7) is 0. The van der Waals surface area contributed by atoms with Crippen LogP contribution >= 0.6 is 12.6 Å². The zero-order chi connectivity index (χ0) is 5.11. The van der Waals surface area contributed by atoms with Crippen LogP contribution in [0.25, 0.3) is 0 Å². The van der Waals surface area contributed by atoms with Gasteiger partial charge in [0.05, 0.1) is 0 Å². The Hall–Kier alpha value is -0.430. The van der Waals surface area contributed by atoms with Gasteiger partial charge in [-0.2, -0.15) is 0 Å². The van der Waals surface area contributed by atoms with Crippen molar-refractivity contribution in [2.45, 2.75) is 4.90 Å². The Bertz CT molecular complexity index is 134. The lowest BCUT2D eigenvalue weighted by molar-refractivity contribution is 1.47. The summed E-state index contributed by atoms with van der Waals surface area (Å²) < 4.78 is 0. The van der Waals surface area contributed by atoms with E-state index in [0.29, 0.717) is 0 Å². The van der Waals surface area contributed by atoms with Gasteiger partial charge in [0.25, 0.3) is 0 Å². The number of benzene rings is 1. The molecule has 0 aromatic heterocycles. The van der Waals surface area contributed by atoms with E-state index in [2.05, 4.69) is 18.7 Å². The predicted molar refractivity (Wildman–Crippen MR) is 32.5 cm³/mol. The van der Waals surface area contributed by atoms with Gasteiger partial charge in [-0.05, 0) is 18.2 Å². The van der Waals surface area contributed by atoms with Crippen LogP contribution in [0.15, 0.2) is 29.2 Å². The number of rotatable bonds is 0. The standard InChI is InChI=1S/C6H5S/c7-6-4-2-1-3-5-6/h1-2,4-5,7H. The number of hydrogen-bond acceptors (Lipinski definition) is 1. The van der Waals surface area contributed by atoms with E-state index >= 15 is 0 Å². The van der Waals surface area contributed by atoms with Gasteiger partial charge in [-0.15, -0.1) is 12.6 Å². The molecule has 0 spiro atoms. The molecule has 0 saturated heterocycles. The quantitative estimate of drug-likeness (QED) is 0.482. The van der Waals surface area contributed by atoms with Gasteiger partial charge in [0.1, 0.15) is 0 Å². The Morgan fingerprint density at radius 2 is 2.43 bits per heavy atom. The van der Waals surface area contributed by atoms with Gasteiger partial charge in [0, 0.05) is 4.90 Å². The molecular formula is C6H5S. The van der Waals surface area contributed by atoms with Crippen LogP contribution in [0.1, 0.15) is 0 Å². The molecule has 1 radical (unpaired) electrons. The zero-order valence-electron chi connectivity index (χ0n) is 3.76. The zero-order valence-corrected chi connectivity index (χ0v) is 4.65. The maximum Gasteiger partial charge on any atom is 0.00461 e. The third kappa shape index (κ3) is 1.24. The van der Waals surface area contributed by atoms with Crippen LogP contribution in [0, 0.1) is 6.07 Å². The van der Waals surface area contributed by atoms with Crippen LogP contribution in [0.2, 0.25) is 0 Å². The largest absolute Gasteiger partial charge is 0.143 e. The maximum atomic E-state index is 4.05. The van der Waals surface area contributed by atoms with E-state index in [9.17, 15) is 0 Å². The molecule has 7 heavy (non-hydrogen) atoms. The van der Waals surface area contributed by atoms with E-state index in [0.717, 1.165) is 4.90 Å². The van der Waals surface area contributed by atoms with E-state index < -0.39 is 0 Å². The molecule has 1 heteroatoms. The summed E-state index contributed by atoms with van der Waals surface area (Å²) in [5.74, 6) is 0. The third-order valence-corrected chi connectivity index (χ3v) is 0.969. The number of hydrogen-bond donors (Lipinski definition) is 1. The third-order valence-electron chi connectivity index (χ3n) is 0.691. The molecule has 0 heterocycles. The van der Waals surface area contributed by atoms with E-state index in [-0.39, 0.29) is 0 Å². The minimum atomic E-state index is 0.961. The predicted octanol–water partition coefficient (Wildman–Crippen LogP) is 1.78.